The maximum atomic E-state index is 5.23. The summed E-state index contributed by atoms with van der Waals surface area (Å²) in [6.07, 6.45) is 0. The first-order chi connectivity index (χ1) is 12.2. The van der Waals surface area contributed by atoms with E-state index in [4.69, 9.17) is 9.72 Å². The number of nitrogens with zero attached hydrogens (tertiary/aromatic N) is 3. The molecule has 1 atom stereocenters. The van der Waals surface area contributed by atoms with Gasteiger partial charge in [0.25, 0.3) is 0 Å². The van der Waals surface area contributed by atoms with Crippen LogP contribution in [0.3, 0.4) is 0 Å². The number of hydrogen-bond donors (Lipinski definition) is 1. The van der Waals surface area contributed by atoms with Gasteiger partial charge in [0.05, 0.1) is 18.3 Å². The molecule has 2 aromatic carbocycles. The van der Waals surface area contributed by atoms with Crippen molar-refractivity contribution in [1.29, 1.82) is 0 Å². The van der Waals surface area contributed by atoms with Gasteiger partial charge in [-0.05, 0) is 43.7 Å². The molecular weight excluding hydrogens is 312 g/mol. The van der Waals surface area contributed by atoms with E-state index < -0.39 is 0 Å². The molecule has 126 valence electrons. The third-order valence-electron chi connectivity index (χ3n) is 4.40. The molecule has 0 aliphatic rings. The molecule has 0 saturated carbocycles. The van der Waals surface area contributed by atoms with Crippen LogP contribution in [0.2, 0.25) is 0 Å². The van der Waals surface area contributed by atoms with Crippen molar-refractivity contribution in [2.45, 2.75) is 19.9 Å². The van der Waals surface area contributed by atoms with E-state index in [9.17, 15) is 0 Å². The summed E-state index contributed by atoms with van der Waals surface area (Å²) in [7, 11) is 1.68. The van der Waals surface area contributed by atoms with Gasteiger partial charge in [-0.3, -0.25) is 0 Å². The zero-order valence-electron chi connectivity index (χ0n) is 14.5. The van der Waals surface area contributed by atoms with Crippen LogP contribution in [0, 0.1) is 6.92 Å². The molecule has 0 saturated heterocycles. The molecule has 4 rings (SSSR count). The minimum atomic E-state index is 0.119. The molecule has 5 heteroatoms. The average molecular weight is 332 g/mol. The van der Waals surface area contributed by atoms with Gasteiger partial charge in [0.15, 0.2) is 5.65 Å². The predicted octanol–water partition coefficient (Wildman–Crippen LogP) is 4.37. The summed E-state index contributed by atoms with van der Waals surface area (Å²) in [5, 5.41) is 9.15. The molecule has 2 aromatic heterocycles. The predicted molar refractivity (Wildman–Crippen MR) is 100 cm³/mol. The summed E-state index contributed by atoms with van der Waals surface area (Å²) in [5.41, 5.74) is 4.03. The van der Waals surface area contributed by atoms with E-state index in [-0.39, 0.29) is 6.04 Å². The number of methoxy groups -OCH3 is 1. The topological polar surface area (TPSA) is 51.5 Å². The average Bonchev–Trinajstić information content (AvgIpc) is 3.02. The number of nitrogens with one attached hydrogen (secondary N) is 1. The summed E-state index contributed by atoms with van der Waals surface area (Å²) in [4.78, 5) is 4.79. The second kappa shape index (κ2) is 6.09. The van der Waals surface area contributed by atoms with E-state index >= 15 is 0 Å². The molecule has 0 aliphatic heterocycles. The molecule has 2 heterocycles. The second-order valence-corrected chi connectivity index (χ2v) is 6.17. The van der Waals surface area contributed by atoms with Gasteiger partial charge in [-0.15, -0.1) is 0 Å². The van der Waals surface area contributed by atoms with Crippen LogP contribution in [-0.2, 0) is 0 Å². The molecule has 0 fully saturated rings. The number of hydrogen-bond acceptors (Lipinski definition) is 4. The first-order valence-electron chi connectivity index (χ1n) is 8.31. The van der Waals surface area contributed by atoms with E-state index in [0.29, 0.717) is 0 Å². The Labute approximate surface area is 146 Å². The van der Waals surface area contributed by atoms with Gasteiger partial charge in [0, 0.05) is 17.5 Å². The third-order valence-corrected chi connectivity index (χ3v) is 4.40. The number of aryl methyl sites for hydroxylation is 1. The van der Waals surface area contributed by atoms with E-state index in [2.05, 4.69) is 41.6 Å². The largest absolute Gasteiger partial charge is 0.497 e. The Balaban J connectivity index is 1.76. The standard InChI is InChI=1S/C20H20N4O/c1-13-12-19-22-20(17-6-4-5-7-18(17)24(19)23-13)21-14(2)15-8-10-16(25-3)11-9-15/h4-12,14H,1-3H3,(H,21,22). The molecule has 0 amide bonds. The van der Waals surface area contributed by atoms with E-state index in [0.717, 1.165) is 33.8 Å². The number of anilines is 1. The molecule has 0 radical (unpaired) electrons. The van der Waals surface area contributed by atoms with Crippen LogP contribution in [0.5, 0.6) is 5.75 Å². The quantitative estimate of drug-likeness (QED) is 0.603. The molecule has 5 nitrogen and oxygen atoms in total. The lowest BCUT2D eigenvalue weighted by Gasteiger charge is -2.17. The van der Waals surface area contributed by atoms with Gasteiger partial charge < -0.3 is 10.1 Å². The Morgan fingerprint density at radius 1 is 1.08 bits per heavy atom. The van der Waals surface area contributed by atoms with Crippen molar-refractivity contribution in [1.82, 2.24) is 14.6 Å². The number of para-hydroxylation sites is 1. The highest BCUT2D eigenvalue weighted by atomic mass is 16.5. The minimum Gasteiger partial charge on any atom is -0.497 e. The Bertz CT molecular complexity index is 1040. The second-order valence-electron chi connectivity index (χ2n) is 6.17. The monoisotopic (exact) mass is 332 g/mol. The lowest BCUT2D eigenvalue weighted by molar-refractivity contribution is 0.414. The summed E-state index contributed by atoms with van der Waals surface area (Å²) >= 11 is 0. The van der Waals surface area contributed by atoms with Gasteiger partial charge in [-0.1, -0.05) is 24.3 Å². The first kappa shape index (κ1) is 15.4. The van der Waals surface area contributed by atoms with Gasteiger partial charge in [-0.2, -0.15) is 5.10 Å². The van der Waals surface area contributed by atoms with Crippen molar-refractivity contribution in [3.8, 4) is 5.75 Å². The van der Waals surface area contributed by atoms with Crippen molar-refractivity contribution in [2.75, 3.05) is 12.4 Å². The van der Waals surface area contributed by atoms with Gasteiger partial charge in [-0.25, -0.2) is 9.50 Å². The molecule has 4 aromatic rings. The lowest BCUT2D eigenvalue weighted by atomic mass is 10.1. The number of fused-ring (bicyclic) bond motifs is 3. The fourth-order valence-corrected chi connectivity index (χ4v) is 3.07. The van der Waals surface area contributed by atoms with Crippen LogP contribution in [-0.4, -0.2) is 21.7 Å². The Kier molecular flexibility index (Phi) is 3.76. The summed E-state index contributed by atoms with van der Waals surface area (Å²) in [5.74, 6) is 1.72. The molecule has 1 unspecified atom stereocenters. The van der Waals surface area contributed by atoms with E-state index in [1.165, 1.54) is 5.56 Å². The first-order valence-corrected chi connectivity index (χ1v) is 8.31. The molecule has 0 aliphatic carbocycles. The molecule has 1 N–H and O–H groups in total. The number of rotatable bonds is 4. The minimum absolute atomic E-state index is 0.119. The molecule has 0 bridgehead atoms. The fourth-order valence-electron chi connectivity index (χ4n) is 3.07. The van der Waals surface area contributed by atoms with Crippen LogP contribution in [0.15, 0.2) is 54.6 Å². The highest BCUT2D eigenvalue weighted by molar-refractivity contribution is 5.91. The van der Waals surface area contributed by atoms with Gasteiger partial charge in [0.2, 0.25) is 0 Å². The summed E-state index contributed by atoms with van der Waals surface area (Å²) in [6.45, 7) is 4.11. The lowest BCUT2D eigenvalue weighted by Crippen LogP contribution is -2.09. The third kappa shape index (κ3) is 2.78. The highest BCUT2D eigenvalue weighted by Crippen LogP contribution is 2.27. The summed E-state index contributed by atoms with van der Waals surface area (Å²) in [6, 6.07) is 18.4. The number of ether oxygens (including phenoxy) is 1. The van der Waals surface area contributed by atoms with E-state index in [1.807, 2.05) is 41.8 Å². The Morgan fingerprint density at radius 2 is 1.84 bits per heavy atom. The smallest absolute Gasteiger partial charge is 0.158 e. The van der Waals surface area contributed by atoms with Crippen molar-refractivity contribution in [3.05, 3.63) is 65.9 Å². The molecular formula is C20H20N4O. The van der Waals surface area contributed by atoms with Crippen LogP contribution in [0.4, 0.5) is 5.82 Å². The van der Waals surface area contributed by atoms with Crippen LogP contribution in [0.1, 0.15) is 24.2 Å². The maximum Gasteiger partial charge on any atom is 0.158 e. The van der Waals surface area contributed by atoms with Crippen molar-refractivity contribution in [3.63, 3.8) is 0 Å². The SMILES string of the molecule is COc1ccc(C(C)Nc2nc3cc(C)nn3c3ccccc23)cc1. The molecule has 0 spiro atoms. The van der Waals surface area contributed by atoms with Gasteiger partial charge >= 0.3 is 0 Å². The molecule has 25 heavy (non-hydrogen) atoms. The Morgan fingerprint density at radius 3 is 2.60 bits per heavy atom. The Hall–Kier alpha value is -3.08. The van der Waals surface area contributed by atoms with Crippen LogP contribution >= 0.6 is 0 Å². The highest BCUT2D eigenvalue weighted by Gasteiger charge is 2.13. The van der Waals surface area contributed by atoms with Crippen molar-refractivity contribution < 1.29 is 4.74 Å². The van der Waals surface area contributed by atoms with E-state index in [1.54, 1.807) is 7.11 Å². The number of aromatic nitrogens is 3. The fraction of sp³-hybridized carbons (Fsp3) is 0.200. The zero-order valence-corrected chi connectivity index (χ0v) is 14.5. The van der Waals surface area contributed by atoms with Crippen molar-refractivity contribution in [2.24, 2.45) is 0 Å². The van der Waals surface area contributed by atoms with Crippen LogP contribution < -0.4 is 10.1 Å². The van der Waals surface area contributed by atoms with Crippen molar-refractivity contribution >= 4 is 22.4 Å². The maximum absolute atomic E-state index is 5.23. The number of benzene rings is 2. The van der Waals surface area contributed by atoms with Gasteiger partial charge in [0.1, 0.15) is 11.6 Å². The normalized spacial score (nSPS) is 12.4. The van der Waals surface area contributed by atoms with Crippen LogP contribution in [0.25, 0.3) is 16.6 Å². The summed E-state index contributed by atoms with van der Waals surface area (Å²) < 4.78 is 7.13. The zero-order chi connectivity index (χ0) is 17.4.